The highest BCUT2D eigenvalue weighted by molar-refractivity contribution is 5.97. The number of anilines is 1. The Labute approximate surface area is 119 Å². The van der Waals surface area contributed by atoms with Crippen molar-refractivity contribution in [2.45, 2.75) is 38.8 Å². The number of hydrogen-bond acceptors (Lipinski definition) is 4. The first kappa shape index (κ1) is 13.4. The van der Waals surface area contributed by atoms with Gasteiger partial charge in [0.1, 0.15) is 0 Å². The molecule has 0 aromatic carbocycles. The Morgan fingerprint density at radius 1 is 1.40 bits per heavy atom. The Morgan fingerprint density at radius 2 is 2.25 bits per heavy atom. The number of piperidine rings is 1. The van der Waals surface area contributed by atoms with Crippen molar-refractivity contribution >= 4 is 11.6 Å². The van der Waals surface area contributed by atoms with E-state index in [2.05, 4.69) is 10.00 Å². The lowest BCUT2D eigenvalue weighted by Gasteiger charge is -2.43. The van der Waals surface area contributed by atoms with E-state index < -0.39 is 0 Å². The van der Waals surface area contributed by atoms with Crippen molar-refractivity contribution < 1.29 is 4.79 Å². The van der Waals surface area contributed by atoms with E-state index in [-0.39, 0.29) is 5.91 Å². The lowest BCUT2D eigenvalue weighted by molar-refractivity contribution is 0.0368. The molecule has 0 bridgehead atoms. The predicted molar refractivity (Wildman–Crippen MR) is 77.4 cm³/mol. The van der Waals surface area contributed by atoms with E-state index in [9.17, 15) is 4.79 Å². The van der Waals surface area contributed by atoms with Crippen LogP contribution in [0.15, 0.2) is 6.20 Å². The molecule has 3 heterocycles. The van der Waals surface area contributed by atoms with E-state index >= 15 is 0 Å². The highest BCUT2D eigenvalue weighted by Crippen LogP contribution is 2.22. The first-order valence-corrected chi connectivity index (χ1v) is 7.55. The van der Waals surface area contributed by atoms with Gasteiger partial charge in [0.25, 0.3) is 5.91 Å². The molecule has 2 fully saturated rings. The number of aryl methyl sites for hydroxylation is 1. The Kier molecular flexibility index (Phi) is 3.65. The number of fused-ring (bicyclic) bond motifs is 1. The van der Waals surface area contributed by atoms with Gasteiger partial charge in [0.2, 0.25) is 0 Å². The number of hydrogen-bond donors (Lipinski definition) is 1. The van der Waals surface area contributed by atoms with Gasteiger partial charge in [-0.15, -0.1) is 0 Å². The van der Waals surface area contributed by atoms with Gasteiger partial charge < -0.3 is 10.6 Å². The van der Waals surface area contributed by atoms with E-state index in [0.29, 0.717) is 17.4 Å². The van der Waals surface area contributed by atoms with E-state index in [1.807, 2.05) is 11.8 Å². The van der Waals surface area contributed by atoms with Crippen LogP contribution in [0.4, 0.5) is 5.69 Å². The predicted octanol–water partition coefficient (Wildman–Crippen LogP) is 0.795. The average Bonchev–Trinajstić information content (AvgIpc) is 2.87. The molecule has 0 aliphatic carbocycles. The summed E-state index contributed by atoms with van der Waals surface area (Å²) in [6.07, 6.45) is 5.50. The summed E-state index contributed by atoms with van der Waals surface area (Å²) in [5.41, 5.74) is 6.82. The number of rotatable bonds is 2. The smallest absolute Gasteiger partial charge is 0.276 e. The van der Waals surface area contributed by atoms with Crippen LogP contribution in [-0.2, 0) is 6.54 Å². The Morgan fingerprint density at radius 3 is 3.00 bits per heavy atom. The second kappa shape index (κ2) is 5.44. The van der Waals surface area contributed by atoms with Crippen molar-refractivity contribution in [3.05, 3.63) is 11.9 Å². The summed E-state index contributed by atoms with van der Waals surface area (Å²) < 4.78 is 1.72. The summed E-state index contributed by atoms with van der Waals surface area (Å²) in [4.78, 5) is 17.0. The highest BCUT2D eigenvalue weighted by atomic mass is 16.2. The SMILES string of the molecule is CCn1cc(N)c(C(=O)N2CCN3CCCCC3C2)n1. The Bertz CT molecular complexity index is 498. The first-order chi connectivity index (χ1) is 9.69. The van der Waals surface area contributed by atoms with Crippen molar-refractivity contribution in [3.8, 4) is 0 Å². The van der Waals surface area contributed by atoms with Gasteiger partial charge in [-0.2, -0.15) is 5.10 Å². The maximum absolute atomic E-state index is 12.6. The van der Waals surface area contributed by atoms with Crippen molar-refractivity contribution in [1.29, 1.82) is 0 Å². The fraction of sp³-hybridized carbons (Fsp3) is 0.714. The van der Waals surface area contributed by atoms with Crippen LogP contribution in [0.2, 0.25) is 0 Å². The monoisotopic (exact) mass is 277 g/mol. The van der Waals surface area contributed by atoms with Gasteiger partial charge in [-0.3, -0.25) is 14.4 Å². The van der Waals surface area contributed by atoms with Gasteiger partial charge in [-0.1, -0.05) is 6.42 Å². The molecular weight excluding hydrogens is 254 g/mol. The number of nitrogen functional groups attached to an aromatic ring is 1. The summed E-state index contributed by atoms with van der Waals surface area (Å²) in [5.74, 6) is -0.0140. The van der Waals surface area contributed by atoms with Crippen LogP contribution in [0.1, 0.15) is 36.7 Å². The molecule has 2 saturated heterocycles. The van der Waals surface area contributed by atoms with Crippen LogP contribution < -0.4 is 5.73 Å². The molecule has 0 spiro atoms. The topological polar surface area (TPSA) is 67.4 Å². The standard InChI is InChI=1S/C14H23N5O/c1-2-19-10-12(15)13(16-19)14(20)18-8-7-17-6-4-3-5-11(17)9-18/h10-11H,2-9,15H2,1H3. The summed E-state index contributed by atoms with van der Waals surface area (Å²) >= 11 is 0. The normalized spacial score (nSPS) is 23.6. The number of aromatic nitrogens is 2. The fourth-order valence-corrected chi connectivity index (χ4v) is 3.26. The molecule has 2 N–H and O–H groups in total. The second-order valence-corrected chi connectivity index (χ2v) is 5.73. The molecule has 3 rings (SSSR count). The second-order valence-electron chi connectivity index (χ2n) is 5.73. The number of piperazine rings is 1. The van der Waals surface area contributed by atoms with Gasteiger partial charge in [0.05, 0.1) is 5.69 Å². The largest absolute Gasteiger partial charge is 0.396 e. The zero-order valence-electron chi connectivity index (χ0n) is 12.1. The molecule has 1 aromatic heterocycles. The van der Waals surface area contributed by atoms with Crippen LogP contribution in [0, 0.1) is 0 Å². The van der Waals surface area contributed by atoms with Crippen LogP contribution in [0.25, 0.3) is 0 Å². The van der Waals surface area contributed by atoms with Gasteiger partial charge in [-0.25, -0.2) is 0 Å². The fourth-order valence-electron chi connectivity index (χ4n) is 3.26. The summed E-state index contributed by atoms with van der Waals surface area (Å²) in [5, 5.41) is 4.29. The van der Waals surface area contributed by atoms with Crippen molar-refractivity contribution in [2.24, 2.45) is 0 Å². The quantitative estimate of drug-likeness (QED) is 0.868. The highest BCUT2D eigenvalue weighted by Gasteiger charge is 2.32. The molecule has 1 amide bonds. The molecule has 1 atom stereocenters. The number of carbonyl (C=O) groups excluding carboxylic acids is 1. The van der Waals surface area contributed by atoms with E-state index in [1.165, 1.54) is 25.8 Å². The van der Waals surface area contributed by atoms with E-state index in [1.54, 1.807) is 10.9 Å². The maximum Gasteiger partial charge on any atom is 0.276 e. The van der Waals surface area contributed by atoms with E-state index in [0.717, 1.165) is 26.2 Å². The lowest BCUT2D eigenvalue weighted by Crippen LogP contribution is -2.56. The number of nitrogens with zero attached hydrogens (tertiary/aromatic N) is 4. The number of carbonyl (C=O) groups is 1. The van der Waals surface area contributed by atoms with Crippen LogP contribution in [-0.4, -0.2) is 57.7 Å². The molecule has 0 saturated carbocycles. The molecule has 6 heteroatoms. The van der Waals surface area contributed by atoms with Crippen LogP contribution in [0.5, 0.6) is 0 Å². The molecule has 110 valence electrons. The average molecular weight is 277 g/mol. The summed E-state index contributed by atoms with van der Waals surface area (Å²) in [7, 11) is 0. The van der Waals surface area contributed by atoms with Crippen LogP contribution >= 0.6 is 0 Å². The Hall–Kier alpha value is -1.56. The molecular formula is C14H23N5O. The molecule has 1 unspecified atom stereocenters. The number of nitrogens with two attached hydrogens (primary N) is 1. The minimum absolute atomic E-state index is 0.0140. The van der Waals surface area contributed by atoms with E-state index in [4.69, 9.17) is 5.73 Å². The first-order valence-electron chi connectivity index (χ1n) is 7.55. The third kappa shape index (κ3) is 2.40. The Balaban J connectivity index is 1.72. The van der Waals surface area contributed by atoms with Gasteiger partial charge >= 0.3 is 0 Å². The van der Waals surface area contributed by atoms with Gasteiger partial charge in [0.15, 0.2) is 5.69 Å². The molecule has 20 heavy (non-hydrogen) atoms. The maximum atomic E-state index is 12.6. The third-order valence-electron chi connectivity index (χ3n) is 4.44. The third-order valence-corrected chi connectivity index (χ3v) is 4.44. The van der Waals surface area contributed by atoms with Crippen LogP contribution in [0.3, 0.4) is 0 Å². The zero-order chi connectivity index (χ0) is 14.1. The van der Waals surface area contributed by atoms with Crippen molar-refractivity contribution in [2.75, 3.05) is 31.9 Å². The molecule has 2 aliphatic heterocycles. The van der Waals surface area contributed by atoms with Crippen molar-refractivity contribution in [3.63, 3.8) is 0 Å². The molecule has 6 nitrogen and oxygen atoms in total. The minimum Gasteiger partial charge on any atom is -0.396 e. The summed E-state index contributed by atoms with van der Waals surface area (Å²) in [6.45, 7) is 6.48. The molecule has 1 aromatic rings. The summed E-state index contributed by atoms with van der Waals surface area (Å²) in [6, 6.07) is 0.524. The van der Waals surface area contributed by atoms with Gasteiger partial charge in [0, 0.05) is 38.4 Å². The molecule has 2 aliphatic rings. The number of amides is 1. The van der Waals surface area contributed by atoms with Gasteiger partial charge in [-0.05, 0) is 26.3 Å². The zero-order valence-corrected chi connectivity index (χ0v) is 12.1. The van der Waals surface area contributed by atoms with Crippen molar-refractivity contribution in [1.82, 2.24) is 19.6 Å². The lowest BCUT2D eigenvalue weighted by atomic mass is 9.99. The minimum atomic E-state index is -0.0140. The molecule has 0 radical (unpaired) electrons.